The van der Waals surface area contributed by atoms with Gasteiger partial charge in [-0.2, -0.15) is 0 Å². The van der Waals surface area contributed by atoms with E-state index >= 15 is 0 Å². The number of piperazine rings is 1. The van der Waals surface area contributed by atoms with Crippen molar-refractivity contribution in [2.75, 3.05) is 59.1 Å². The number of nitrogens with one attached hydrogen (secondary N) is 2. The Balaban J connectivity index is 1.66. The number of hydrogen-bond acceptors (Lipinski definition) is 4. The number of aliphatic imine (C=N–C) groups is 1. The highest BCUT2D eigenvalue weighted by Crippen LogP contribution is 2.05. The second-order valence-electron chi connectivity index (χ2n) is 6.59. The lowest BCUT2D eigenvalue weighted by Gasteiger charge is -2.36. The summed E-state index contributed by atoms with van der Waals surface area (Å²) in [5, 5.41) is 3.31. The average Bonchev–Trinajstić information content (AvgIpc) is 2.65. The molecule has 0 aliphatic carbocycles. The molecule has 27 heavy (non-hydrogen) atoms. The predicted molar refractivity (Wildman–Crippen MR) is 112 cm³/mol. The summed E-state index contributed by atoms with van der Waals surface area (Å²) in [6, 6.07) is 10.3. The van der Waals surface area contributed by atoms with Gasteiger partial charge < -0.3 is 10.2 Å². The number of benzene rings is 1. The predicted octanol–water partition coefficient (Wildman–Crippen LogP) is 0.832. The molecule has 0 radical (unpaired) electrons. The van der Waals surface area contributed by atoms with E-state index in [-0.39, 0.29) is 0 Å². The summed E-state index contributed by atoms with van der Waals surface area (Å²) in [7, 11) is -1.33. The molecule has 8 heteroatoms. The Bertz CT molecular complexity index is 711. The molecule has 2 N–H and O–H groups in total. The lowest BCUT2D eigenvalue weighted by atomic mass is 10.2. The zero-order valence-electron chi connectivity index (χ0n) is 16.3. The van der Waals surface area contributed by atoms with Gasteiger partial charge in [0.25, 0.3) is 0 Å². The van der Waals surface area contributed by atoms with Gasteiger partial charge in [-0.1, -0.05) is 42.5 Å². The van der Waals surface area contributed by atoms with Crippen LogP contribution >= 0.6 is 0 Å². The molecule has 7 nitrogen and oxygen atoms in total. The van der Waals surface area contributed by atoms with E-state index in [0.717, 1.165) is 45.1 Å². The third-order valence-corrected chi connectivity index (χ3v) is 5.09. The van der Waals surface area contributed by atoms with E-state index in [1.165, 1.54) is 11.8 Å². The zero-order chi connectivity index (χ0) is 19.5. The van der Waals surface area contributed by atoms with Crippen LogP contribution in [-0.4, -0.2) is 83.3 Å². The Morgan fingerprint density at radius 2 is 1.85 bits per heavy atom. The van der Waals surface area contributed by atoms with Crippen LogP contribution in [-0.2, 0) is 10.0 Å². The van der Waals surface area contributed by atoms with Gasteiger partial charge in [0.2, 0.25) is 10.0 Å². The van der Waals surface area contributed by atoms with E-state index in [2.05, 4.69) is 49.1 Å². The van der Waals surface area contributed by atoms with Gasteiger partial charge in [-0.05, 0) is 12.0 Å². The van der Waals surface area contributed by atoms with Crippen molar-refractivity contribution in [1.82, 2.24) is 19.8 Å². The summed E-state index contributed by atoms with van der Waals surface area (Å²) in [6.45, 7) is 5.93. The van der Waals surface area contributed by atoms with Crippen LogP contribution in [0, 0.1) is 0 Å². The molecule has 1 aromatic carbocycles. The first-order valence-corrected chi connectivity index (χ1v) is 11.2. The van der Waals surface area contributed by atoms with Crippen molar-refractivity contribution in [3.63, 3.8) is 0 Å². The van der Waals surface area contributed by atoms with E-state index in [0.29, 0.717) is 13.1 Å². The smallest absolute Gasteiger partial charge is 0.208 e. The van der Waals surface area contributed by atoms with Gasteiger partial charge in [0, 0.05) is 52.9 Å². The molecule has 1 fully saturated rings. The molecule has 0 saturated carbocycles. The fourth-order valence-corrected chi connectivity index (χ4v) is 3.44. The van der Waals surface area contributed by atoms with E-state index in [1.807, 2.05) is 18.2 Å². The quantitative estimate of drug-likeness (QED) is 0.389. The minimum atomic E-state index is -3.11. The van der Waals surface area contributed by atoms with Crippen LogP contribution in [0.3, 0.4) is 0 Å². The maximum Gasteiger partial charge on any atom is 0.208 e. The maximum absolute atomic E-state index is 11.0. The Labute approximate surface area is 163 Å². The highest BCUT2D eigenvalue weighted by molar-refractivity contribution is 7.88. The van der Waals surface area contributed by atoms with Crippen molar-refractivity contribution in [1.29, 1.82) is 0 Å². The lowest BCUT2D eigenvalue weighted by molar-refractivity contribution is 0.194. The molecule has 0 spiro atoms. The molecule has 1 saturated heterocycles. The summed E-state index contributed by atoms with van der Waals surface area (Å²) in [5.41, 5.74) is 1.23. The van der Waals surface area contributed by atoms with Crippen molar-refractivity contribution in [2.24, 2.45) is 4.99 Å². The normalized spacial score (nSPS) is 16.8. The Morgan fingerprint density at radius 3 is 2.48 bits per heavy atom. The third-order valence-electron chi connectivity index (χ3n) is 4.36. The molecule has 0 atom stereocenters. The SMILES string of the molecule is CN=C(NCCCNS(C)(=O)=O)N1CCN(CC=Cc2ccccc2)CC1. The number of guanidine groups is 1. The fourth-order valence-electron chi connectivity index (χ4n) is 2.92. The van der Waals surface area contributed by atoms with Gasteiger partial charge in [0.15, 0.2) is 5.96 Å². The Hall–Kier alpha value is -1.90. The number of sulfonamides is 1. The topological polar surface area (TPSA) is 77.0 Å². The van der Waals surface area contributed by atoms with Crippen LogP contribution in [0.25, 0.3) is 6.08 Å². The molecule has 0 bridgehead atoms. The highest BCUT2D eigenvalue weighted by Gasteiger charge is 2.18. The Kier molecular flexibility index (Phi) is 8.77. The van der Waals surface area contributed by atoms with Crippen molar-refractivity contribution in [2.45, 2.75) is 6.42 Å². The fraction of sp³-hybridized carbons (Fsp3) is 0.526. The first-order valence-electron chi connectivity index (χ1n) is 9.32. The minimum Gasteiger partial charge on any atom is -0.356 e. The molecular formula is C19H31N5O2S. The summed E-state index contributed by atoms with van der Waals surface area (Å²) >= 11 is 0. The molecule has 1 aliphatic heterocycles. The third kappa shape index (κ3) is 8.55. The molecule has 150 valence electrons. The standard InChI is InChI=1S/C19H31N5O2S/c1-20-19(21-11-7-12-22-27(2,25)26)24-16-14-23(15-17-24)13-6-10-18-8-4-3-5-9-18/h3-6,8-10,22H,7,11-17H2,1-2H3,(H,20,21). The molecule has 0 aromatic heterocycles. The molecule has 0 amide bonds. The lowest BCUT2D eigenvalue weighted by Crippen LogP contribution is -2.52. The minimum absolute atomic E-state index is 0.435. The van der Waals surface area contributed by atoms with Crippen LogP contribution in [0.2, 0.25) is 0 Å². The van der Waals surface area contributed by atoms with Crippen molar-refractivity contribution in [3.8, 4) is 0 Å². The molecule has 2 rings (SSSR count). The first kappa shape index (κ1) is 21.4. The van der Waals surface area contributed by atoms with E-state index < -0.39 is 10.0 Å². The zero-order valence-corrected chi connectivity index (χ0v) is 17.1. The summed E-state index contributed by atoms with van der Waals surface area (Å²) < 4.78 is 24.6. The molecule has 1 aliphatic rings. The van der Waals surface area contributed by atoms with E-state index in [9.17, 15) is 8.42 Å². The molecule has 1 heterocycles. The summed E-state index contributed by atoms with van der Waals surface area (Å²) in [5.74, 6) is 0.883. The molecular weight excluding hydrogens is 362 g/mol. The van der Waals surface area contributed by atoms with Gasteiger partial charge in [0.05, 0.1) is 6.26 Å². The largest absolute Gasteiger partial charge is 0.356 e. The monoisotopic (exact) mass is 393 g/mol. The van der Waals surface area contributed by atoms with Gasteiger partial charge in [-0.15, -0.1) is 0 Å². The summed E-state index contributed by atoms with van der Waals surface area (Å²) in [4.78, 5) is 9.03. The van der Waals surface area contributed by atoms with Crippen LogP contribution in [0.5, 0.6) is 0 Å². The van der Waals surface area contributed by atoms with E-state index in [4.69, 9.17) is 0 Å². The second-order valence-corrected chi connectivity index (χ2v) is 8.43. The van der Waals surface area contributed by atoms with Gasteiger partial charge in [-0.25, -0.2) is 13.1 Å². The van der Waals surface area contributed by atoms with Crippen molar-refractivity contribution >= 4 is 22.1 Å². The molecule has 0 unspecified atom stereocenters. The van der Waals surface area contributed by atoms with Gasteiger partial charge in [0.1, 0.15) is 0 Å². The number of hydrogen-bond donors (Lipinski definition) is 2. The first-order chi connectivity index (χ1) is 13.0. The van der Waals surface area contributed by atoms with Gasteiger partial charge in [-0.3, -0.25) is 9.89 Å². The van der Waals surface area contributed by atoms with E-state index in [1.54, 1.807) is 7.05 Å². The number of rotatable bonds is 8. The van der Waals surface area contributed by atoms with Crippen LogP contribution in [0.4, 0.5) is 0 Å². The van der Waals surface area contributed by atoms with Crippen LogP contribution in [0.1, 0.15) is 12.0 Å². The van der Waals surface area contributed by atoms with Crippen LogP contribution in [0.15, 0.2) is 41.4 Å². The molecule has 1 aromatic rings. The Morgan fingerprint density at radius 1 is 1.15 bits per heavy atom. The van der Waals surface area contributed by atoms with Crippen molar-refractivity contribution < 1.29 is 8.42 Å². The highest BCUT2D eigenvalue weighted by atomic mass is 32.2. The number of nitrogens with zero attached hydrogens (tertiary/aromatic N) is 3. The van der Waals surface area contributed by atoms with Gasteiger partial charge >= 0.3 is 0 Å². The van der Waals surface area contributed by atoms with Crippen molar-refractivity contribution in [3.05, 3.63) is 42.0 Å². The average molecular weight is 394 g/mol. The second kappa shape index (κ2) is 11.1. The van der Waals surface area contributed by atoms with Crippen LogP contribution < -0.4 is 10.0 Å². The maximum atomic E-state index is 11.0. The summed E-state index contributed by atoms with van der Waals surface area (Å²) in [6.07, 6.45) is 6.27.